The second-order valence-electron chi connectivity index (χ2n) is 15.2. The molecular formula is C47H45FIrN4O-2. The van der Waals surface area contributed by atoms with Crippen LogP contribution >= 0.6 is 0 Å². The zero-order valence-corrected chi connectivity index (χ0v) is 34.2. The van der Waals surface area contributed by atoms with Crippen molar-refractivity contribution < 1.29 is 33.0 Å². The summed E-state index contributed by atoms with van der Waals surface area (Å²) in [7, 11) is 0. The van der Waals surface area contributed by atoms with Gasteiger partial charge in [-0.25, -0.2) is 0 Å². The first-order valence-electron chi connectivity index (χ1n) is 19.5. The smallest absolute Gasteiger partial charge is 0.120 e. The van der Waals surface area contributed by atoms with Crippen LogP contribution in [0.5, 0.6) is 0 Å². The van der Waals surface area contributed by atoms with E-state index in [1.807, 2.05) is 43.5 Å². The summed E-state index contributed by atoms with van der Waals surface area (Å²) in [6.07, 6.45) is 3.51. The molecule has 7 heteroatoms. The molecule has 8 rings (SSSR count). The average Bonchev–Trinajstić information content (AvgIpc) is 3.73. The summed E-state index contributed by atoms with van der Waals surface area (Å²) in [4.78, 5) is 14.3. The maximum Gasteiger partial charge on any atom is 0.120 e. The van der Waals surface area contributed by atoms with Crippen LogP contribution in [0, 0.1) is 31.7 Å². The summed E-state index contributed by atoms with van der Waals surface area (Å²) in [5.74, 6) is 0.864. The fraction of sp³-hybridized carbons (Fsp3) is 0.255. The van der Waals surface area contributed by atoms with Crippen molar-refractivity contribution in [3.63, 3.8) is 0 Å². The third-order valence-corrected chi connectivity index (χ3v) is 9.46. The number of aryl methyl sites for hydroxylation is 2. The maximum atomic E-state index is 13.8. The molecule has 0 fully saturated rings. The van der Waals surface area contributed by atoms with E-state index in [0.717, 1.165) is 61.7 Å². The summed E-state index contributed by atoms with van der Waals surface area (Å²) in [6.45, 7) is 15.3. The molecule has 277 valence electrons. The van der Waals surface area contributed by atoms with Gasteiger partial charge in [0.1, 0.15) is 5.58 Å². The molecule has 0 saturated heterocycles. The van der Waals surface area contributed by atoms with Gasteiger partial charge in [-0.15, -0.1) is 42.0 Å². The molecule has 0 N–H and O–H groups in total. The monoisotopic (exact) mass is 896 g/mol. The number of benzene rings is 4. The molecule has 0 amide bonds. The number of fused-ring (bicyclic) bond motifs is 4. The molecule has 1 radical (unpaired) electrons. The molecule has 0 bridgehead atoms. The van der Waals surface area contributed by atoms with Gasteiger partial charge in [0.25, 0.3) is 0 Å². The fourth-order valence-electron chi connectivity index (χ4n) is 6.87. The van der Waals surface area contributed by atoms with Crippen molar-refractivity contribution in [3.8, 4) is 28.3 Å². The van der Waals surface area contributed by atoms with Gasteiger partial charge in [0.2, 0.25) is 0 Å². The zero-order valence-electron chi connectivity index (χ0n) is 34.8. The Kier molecular flexibility index (Phi) is 9.92. The van der Waals surface area contributed by atoms with E-state index in [4.69, 9.17) is 18.5 Å². The number of aromatic nitrogens is 4. The Morgan fingerprint density at radius 1 is 0.833 bits per heavy atom. The second kappa shape index (κ2) is 15.4. The Bertz CT molecular complexity index is 2680. The van der Waals surface area contributed by atoms with Crippen LogP contribution in [0.2, 0.25) is 0 Å². The quantitative estimate of drug-likeness (QED) is 0.162. The number of furan rings is 1. The van der Waals surface area contributed by atoms with Crippen LogP contribution in [0.15, 0.2) is 102 Å². The molecule has 0 atom stereocenters. The Morgan fingerprint density at radius 3 is 2.22 bits per heavy atom. The SMILES string of the molecule is CC(C)c1cccc(C(C)C)c1-n1c(-c2[c-]ccc3c2oc2ccccc23)nc2ccnc(C(C)(C)C)c21.[2H]C([2H])([2H])c1c[c-]c(-c2ccc(C)cn2)c(F)c1.[Ir]. The van der Waals surface area contributed by atoms with Gasteiger partial charge in [-0.3, -0.25) is 14.4 Å². The van der Waals surface area contributed by atoms with E-state index < -0.39 is 12.7 Å². The molecular weight excluding hydrogens is 848 g/mol. The number of halogens is 1. The number of hydrogen-bond donors (Lipinski definition) is 0. The van der Waals surface area contributed by atoms with Crippen LogP contribution < -0.4 is 0 Å². The third-order valence-electron chi connectivity index (χ3n) is 9.46. The Hall–Kier alpha value is -4.97. The summed E-state index contributed by atoms with van der Waals surface area (Å²) in [5.41, 5.74) is 10.7. The van der Waals surface area contributed by atoms with Crippen molar-refractivity contribution in [3.05, 3.63) is 143 Å². The predicted molar refractivity (Wildman–Crippen MR) is 215 cm³/mol. The molecule has 0 saturated carbocycles. The standard InChI is InChI=1S/C34H34N3O.C13H11FN.Ir/c1-20(2)22-13-10-14-23(21(3)4)29(22)37-30-27(18-19-35-32(30)34(5,6)7)36-33(37)26-16-11-15-25-24-12-8-9-17-28(24)38-31(25)26;1-9-3-5-11(12(14)7-9)13-6-4-10(2)8-15-13;/h8-15,17-21H,1-7H3;3-4,6-8H,1-2H3;/q2*-1;/i;1D3;. The maximum absolute atomic E-state index is 13.8. The van der Waals surface area contributed by atoms with Crippen LogP contribution in [0.25, 0.3) is 61.3 Å². The largest absolute Gasteiger partial charge is 0.501 e. The summed E-state index contributed by atoms with van der Waals surface area (Å²) in [5, 5.41) is 2.17. The van der Waals surface area contributed by atoms with Gasteiger partial charge in [-0.2, -0.15) is 0 Å². The summed E-state index contributed by atoms with van der Waals surface area (Å²) < 4.78 is 44.3. The van der Waals surface area contributed by atoms with E-state index in [1.54, 1.807) is 12.3 Å². The van der Waals surface area contributed by atoms with Crippen LogP contribution in [0.3, 0.4) is 0 Å². The number of para-hydroxylation sites is 2. The number of hydrogen-bond acceptors (Lipinski definition) is 4. The molecule has 4 heterocycles. The molecule has 5 nitrogen and oxygen atoms in total. The normalized spacial score (nSPS) is 12.8. The molecule has 0 aliphatic carbocycles. The van der Waals surface area contributed by atoms with Crippen LogP contribution in [0.4, 0.5) is 4.39 Å². The van der Waals surface area contributed by atoms with Crippen molar-refractivity contribution in [1.82, 2.24) is 19.5 Å². The second-order valence-corrected chi connectivity index (χ2v) is 15.2. The van der Waals surface area contributed by atoms with Gasteiger partial charge in [0.15, 0.2) is 0 Å². The first-order chi connectivity index (χ1) is 26.5. The van der Waals surface area contributed by atoms with E-state index in [2.05, 4.69) is 107 Å². The molecule has 8 aromatic rings. The minimum atomic E-state index is -2.32. The van der Waals surface area contributed by atoms with Crippen molar-refractivity contribution >= 4 is 33.0 Å². The molecule has 0 spiro atoms. The minimum Gasteiger partial charge on any atom is -0.501 e. The number of pyridine rings is 2. The fourth-order valence-corrected chi connectivity index (χ4v) is 6.87. The van der Waals surface area contributed by atoms with E-state index in [0.29, 0.717) is 17.5 Å². The van der Waals surface area contributed by atoms with Crippen molar-refractivity contribution in [1.29, 1.82) is 0 Å². The Morgan fingerprint density at radius 2 is 1.57 bits per heavy atom. The van der Waals surface area contributed by atoms with Crippen molar-refractivity contribution in [2.45, 2.75) is 79.5 Å². The average molecular weight is 896 g/mol. The van der Waals surface area contributed by atoms with E-state index in [1.165, 1.54) is 22.9 Å². The number of rotatable bonds is 5. The molecule has 0 unspecified atom stereocenters. The van der Waals surface area contributed by atoms with Gasteiger partial charge in [-0.05, 0) is 53.3 Å². The van der Waals surface area contributed by atoms with Gasteiger partial charge in [0, 0.05) is 58.9 Å². The topological polar surface area (TPSA) is 56.7 Å². The summed E-state index contributed by atoms with van der Waals surface area (Å²) >= 11 is 0. The van der Waals surface area contributed by atoms with Crippen LogP contribution in [-0.4, -0.2) is 19.5 Å². The molecule has 54 heavy (non-hydrogen) atoms. The van der Waals surface area contributed by atoms with Crippen LogP contribution in [0.1, 0.15) is 92.4 Å². The number of nitrogens with zero attached hydrogens (tertiary/aromatic N) is 4. The Balaban J connectivity index is 0.000000244. The van der Waals surface area contributed by atoms with Gasteiger partial charge < -0.3 is 14.0 Å². The van der Waals surface area contributed by atoms with Gasteiger partial charge in [-0.1, -0.05) is 120 Å². The Labute approximate surface area is 335 Å². The first kappa shape index (κ1) is 34.8. The zero-order chi connectivity index (χ0) is 40.1. The van der Waals surface area contributed by atoms with Crippen molar-refractivity contribution in [2.75, 3.05) is 0 Å². The van der Waals surface area contributed by atoms with E-state index in [9.17, 15) is 4.39 Å². The first-order valence-corrected chi connectivity index (χ1v) is 18.0. The molecule has 4 aromatic heterocycles. The van der Waals surface area contributed by atoms with E-state index >= 15 is 0 Å². The van der Waals surface area contributed by atoms with Gasteiger partial charge in [0.05, 0.1) is 28.1 Å². The van der Waals surface area contributed by atoms with Crippen molar-refractivity contribution in [2.24, 2.45) is 0 Å². The molecule has 4 aromatic carbocycles. The van der Waals surface area contributed by atoms with E-state index in [-0.39, 0.29) is 36.6 Å². The van der Waals surface area contributed by atoms with Crippen LogP contribution in [-0.2, 0) is 25.5 Å². The third kappa shape index (κ3) is 7.28. The number of imidazole rings is 1. The molecule has 0 aliphatic rings. The van der Waals surface area contributed by atoms with Gasteiger partial charge >= 0.3 is 0 Å². The summed E-state index contributed by atoms with van der Waals surface area (Å²) in [6, 6.07) is 32.9. The minimum absolute atomic E-state index is 0. The molecule has 0 aliphatic heterocycles. The predicted octanol–water partition coefficient (Wildman–Crippen LogP) is 12.6.